The van der Waals surface area contributed by atoms with E-state index in [4.69, 9.17) is 0 Å². The number of β-amino-alcohol motifs (C(OH)–C–C–N with tert-alkyl or cyclic N) is 1. The van der Waals surface area contributed by atoms with Crippen molar-refractivity contribution in [3.8, 4) is 0 Å². The highest BCUT2D eigenvalue weighted by molar-refractivity contribution is 8.93. The highest BCUT2D eigenvalue weighted by Gasteiger charge is 2.15. The molecular formula is C11H22BrN3O. The van der Waals surface area contributed by atoms with Crippen LogP contribution < -0.4 is 10.6 Å². The van der Waals surface area contributed by atoms with Gasteiger partial charge in [-0.05, 0) is 18.8 Å². The monoisotopic (exact) mass is 291 g/mol. The number of halogens is 1. The highest BCUT2D eigenvalue weighted by Crippen LogP contribution is 2.22. The summed E-state index contributed by atoms with van der Waals surface area (Å²) >= 11 is 0. The van der Waals surface area contributed by atoms with Gasteiger partial charge in [0.2, 0.25) is 0 Å². The van der Waals surface area contributed by atoms with Crippen molar-refractivity contribution in [1.82, 2.24) is 10.6 Å². The molecule has 0 spiro atoms. The van der Waals surface area contributed by atoms with Crippen LogP contribution in [-0.4, -0.2) is 36.8 Å². The van der Waals surface area contributed by atoms with Gasteiger partial charge in [-0.2, -0.15) is 0 Å². The van der Waals surface area contributed by atoms with Crippen molar-refractivity contribution in [2.24, 2.45) is 10.9 Å². The second-order valence-electron chi connectivity index (χ2n) is 4.61. The first-order valence-corrected chi connectivity index (χ1v) is 6.05. The SMILES string of the molecule is Br.OC1CN=C(NCC2CCCCC2)NC1. The quantitative estimate of drug-likeness (QED) is 0.713. The molecule has 2 rings (SSSR count). The van der Waals surface area contributed by atoms with E-state index >= 15 is 0 Å². The molecule has 0 aromatic rings. The lowest BCUT2D eigenvalue weighted by Crippen LogP contribution is -2.47. The van der Waals surface area contributed by atoms with Crippen molar-refractivity contribution < 1.29 is 5.11 Å². The average Bonchev–Trinajstić information content (AvgIpc) is 2.30. The summed E-state index contributed by atoms with van der Waals surface area (Å²) in [5.41, 5.74) is 0. The van der Waals surface area contributed by atoms with Crippen LogP contribution in [0.2, 0.25) is 0 Å². The Bertz CT molecular complexity index is 229. The number of nitrogens with one attached hydrogen (secondary N) is 2. The molecule has 0 amide bonds. The molecule has 2 aliphatic rings. The maximum atomic E-state index is 9.25. The Morgan fingerprint density at radius 3 is 2.69 bits per heavy atom. The fraction of sp³-hybridized carbons (Fsp3) is 0.909. The molecule has 4 nitrogen and oxygen atoms in total. The Labute approximate surface area is 108 Å². The number of aliphatic hydroxyl groups excluding tert-OH is 1. The lowest BCUT2D eigenvalue weighted by atomic mass is 9.89. The standard InChI is InChI=1S/C11H21N3O.BrH/c15-10-7-13-11(14-8-10)12-6-9-4-2-1-3-5-9;/h9-10,15H,1-8H2,(H2,12,13,14);1H. The number of rotatable bonds is 2. The predicted octanol–water partition coefficient (Wildman–Crippen LogP) is 1.05. The Hall–Kier alpha value is -0.290. The zero-order chi connectivity index (χ0) is 10.5. The number of aliphatic hydroxyl groups is 1. The van der Waals surface area contributed by atoms with Crippen LogP contribution in [0.15, 0.2) is 4.99 Å². The molecular weight excluding hydrogens is 270 g/mol. The van der Waals surface area contributed by atoms with Gasteiger partial charge in [0.15, 0.2) is 5.96 Å². The molecule has 94 valence electrons. The van der Waals surface area contributed by atoms with Gasteiger partial charge in [-0.1, -0.05) is 19.3 Å². The summed E-state index contributed by atoms with van der Waals surface area (Å²) < 4.78 is 0. The lowest BCUT2D eigenvalue weighted by Gasteiger charge is -2.25. The van der Waals surface area contributed by atoms with E-state index in [-0.39, 0.29) is 23.1 Å². The lowest BCUT2D eigenvalue weighted by molar-refractivity contribution is 0.180. The van der Waals surface area contributed by atoms with Crippen LogP contribution in [0.25, 0.3) is 0 Å². The third kappa shape index (κ3) is 4.29. The number of guanidine groups is 1. The summed E-state index contributed by atoms with van der Waals surface area (Å²) in [6, 6.07) is 0. The van der Waals surface area contributed by atoms with Gasteiger partial charge >= 0.3 is 0 Å². The summed E-state index contributed by atoms with van der Waals surface area (Å²) in [5.74, 6) is 1.68. The van der Waals surface area contributed by atoms with Crippen LogP contribution >= 0.6 is 17.0 Å². The Morgan fingerprint density at radius 2 is 2.06 bits per heavy atom. The minimum absolute atomic E-state index is 0. The minimum Gasteiger partial charge on any atom is -0.389 e. The largest absolute Gasteiger partial charge is 0.389 e. The van der Waals surface area contributed by atoms with Gasteiger partial charge in [0.05, 0.1) is 12.6 Å². The molecule has 5 heteroatoms. The molecule has 1 aliphatic heterocycles. The van der Waals surface area contributed by atoms with E-state index in [1.165, 1.54) is 32.1 Å². The van der Waals surface area contributed by atoms with Crippen molar-refractivity contribution >= 4 is 22.9 Å². The number of hydrogen-bond donors (Lipinski definition) is 3. The van der Waals surface area contributed by atoms with Crippen LogP contribution in [0, 0.1) is 5.92 Å². The van der Waals surface area contributed by atoms with E-state index in [0.717, 1.165) is 18.4 Å². The van der Waals surface area contributed by atoms with Gasteiger partial charge in [-0.15, -0.1) is 17.0 Å². The summed E-state index contributed by atoms with van der Waals surface area (Å²) in [6.45, 7) is 2.18. The summed E-state index contributed by atoms with van der Waals surface area (Å²) in [7, 11) is 0. The second-order valence-corrected chi connectivity index (χ2v) is 4.61. The zero-order valence-corrected chi connectivity index (χ0v) is 11.3. The minimum atomic E-state index is -0.315. The van der Waals surface area contributed by atoms with Crippen LogP contribution in [0.1, 0.15) is 32.1 Å². The van der Waals surface area contributed by atoms with Crippen LogP contribution in [0.5, 0.6) is 0 Å². The Morgan fingerprint density at radius 1 is 1.31 bits per heavy atom. The molecule has 0 aromatic carbocycles. The van der Waals surface area contributed by atoms with Gasteiger partial charge in [0.1, 0.15) is 0 Å². The molecule has 1 unspecified atom stereocenters. The molecule has 3 N–H and O–H groups in total. The molecule has 1 saturated carbocycles. The van der Waals surface area contributed by atoms with Gasteiger partial charge < -0.3 is 15.7 Å². The molecule has 1 heterocycles. The first kappa shape index (κ1) is 13.8. The second kappa shape index (κ2) is 7.12. The third-order valence-corrected chi connectivity index (χ3v) is 3.25. The van der Waals surface area contributed by atoms with Crippen molar-refractivity contribution in [1.29, 1.82) is 0 Å². The van der Waals surface area contributed by atoms with Crippen molar-refractivity contribution in [2.75, 3.05) is 19.6 Å². The van der Waals surface area contributed by atoms with Crippen molar-refractivity contribution in [2.45, 2.75) is 38.2 Å². The molecule has 0 bridgehead atoms. The van der Waals surface area contributed by atoms with Crippen LogP contribution in [0.4, 0.5) is 0 Å². The maximum absolute atomic E-state index is 9.25. The van der Waals surface area contributed by atoms with Gasteiger partial charge in [0, 0.05) is 13.1 Å². The maximum Gasteiger partial charge on any atom is 0.191 e. The smallest absolute Gasteiger partial charge is 0.191 e. The fourth-order valence-corrected chi connectivity index (χ4v) is 2.28. The van der Waals surface area contributed by atoms with E-state index in [2.05, 4.69) is 15.6 Å². The number of hydrogen-bond acceptors (Lipinski definition) is 4. The van der Waals surface area contributed by atoms with Crippen LogP contribution in [0.3, 0.4) is 0 Å². The van der Waals surface area contributed by atoms with Gasteiger partial charge in [-0.25, -0.2) is 0 Å². The molecule has 16 heavy (non-hydrogen) atoms. The van der Waals surface area contributed by atoms with E-state index in [9.17, 15) is 5.11 Å². The molecule has 0 aromatic heterocycles. The third-order valence-electron chi connectivity index (χ3n) is 3.25. The molecule has 1 aliphatic carbocycles. The van der Waals surface area contributed by atoms with Gasteiger partial charge in [0.25, 0.3) is 0 Å². The summed E-state index contributed by atoms with van der Waals surface area (Å²) in [4.78, 5) is 4.24. The summed E-state index contributed by atoms with van der Waals surface area (Å²) in [5, 5.41) is 15.7. The van der Waals surface area contributed by atoms with E-state index in [0.29, 0.717) is 13.1 Å². The van der Waals surface area contributed by atoms with Crippen LogP contribution in [-0.2, 0) is 0 Å². The number of aliphatic imine (C=N–C) groups is 1. The summed E-state index contributed by atoms with van der Waals surface area (Å²) in [6.07, 6.45) is 6.55. The first-order valence-electron chi connectivity index (χ1n) is 6.05. The zero-order valence-electron chi connectivity index (χ0n) is 9.61. The fourth-order valence-electron chi connectivity index (χ4n) is 2.28. The molecule has 1 atom stereocenters. The predicted molar refractivity (Wildman–Crippen MR) is 71.2 cm³/mol. The van der Waals surface area contributed by atoms with Crippen molar-refractivity contribution in [3.63, 3.8) is 0 Å². The van der Waals surface area contributed by atoms with E-state index in [1.807, 2.05) is 0 Å². The first-order chi connectivity index (χ1) is 7.34. The highest BCUT2D eigenvalue weighted by atomic mass is 79.9. The molecule has 0 saturated heterocycles. The molecule has 0 radical (unpaired) electrons. The van der Waals surface area contributed by atoms with E-state index in [1.54, 1.807) is 0 Å². The topological polar surface area (TPSA) is 56.7 Å². The van der Waals surface area contributed by atoms with E-state index < -0.39 is 0 Å². The van der Waals surface area contributed by atoms with Crippen molar-refractivity contribution in [3.05, 3.63) is 0 Å². The average molecular weight is 292 g/mol. The Balaban J connectivity index is 0.00000128. The van der Waals surface area contributed by atoms with Gasteiger partial charge in [-0.3, -0.25) is 4.99 Å². The Kier molecular flexibility index (Phi) is 6.13. The molecule has 1 fully saturated rings. The number of nitrogens with zero attached hydrogens (tertiary/aromatic N) is 1. The normalized spacial score (nSPS) is 26.3.